The van der Waals surface area contributed by atoms with Crippen molar-refractivity contribution in [2.75, 3.05) is 24.7 Å². The Morgan fingerprint density at radius 2 is 1.51 bits per heavy atom. The van der Waals surface area contributed by atoms with Crippen LogP contribution >= 0.6 is 0 Å². The number of hydrogen-bond acceptors (Lipinski definition) is 4. The van der Waals surface area contributed by atoms with E-state index in [2.05, 4.69) is 207 Å². The zero-order chi connectivity index (χ0) is 57.2. The fraction of sp³-hybridized carbons (Fsp3) is 0.392. The number of unbranched alkanes of at least 4 members (excludes halogenated alkanes) is 3. The average molecular weight is 1120 g/mol. The molecule has 1 heterocycles. The minimum absolute atomic E-state index is 0.00509. The summed E-state index contributed by atoms with van der Waals surface area (Å²) in [6.07, 6.45) is 68.9. The Kier molecular flexibility index (Phi) is 18.2. The zero-order valence-electron chi connectivity index (χ0n) is 50.2. The van der Waals surface area contributed by atoms with Crippen LogP contribution in [-0.4, -0.2) is 36.5 Å². The van der Waals surface area contributed by atoms with Gasteiger partial charge in [-0.2, -0.15) is 0 Å². The third-order valence-electron chi connectivity index (χ3n) is 19.9. The number of para-hydroxylation sites is 1. The lowest BCUT2D eigenvalue weighted by Crippen LogP contribution is -2.45. The zero-order valence-corrected chi connectivity index (χ0v) is 50.2. The van der Waals surface area contributed by atoms with Gasteiger partial charge < -0.3 is 23.7 Å². The maximum atomic E-state index is 6.54. The first-order chi connectivity index (χ1) is 41.4. The van der Waals surface area contributed by atoms with Gasteiger partial charge in [0.2, 0.25) is 0 Å². The quantitative estimate of drug-likeness (QED) is 0.0489. The van der Waals surface area contributed by atoms with Crippen LogP contribution in [0.5, 0.6) is 11.5 Å². The van der Waals surface area contributed by atoms with Gasteiger partial charge in [-0.05, 0) is 220 Å². The molecule has 5 nitrogen and oxygen atoms in total. The molecule has 0 radical (unpaired) electrons. The molecule has 3 aromatic carbocycles. The molecule has 0 amide bonds. The summed E-state index contributed by atoms with van der Waals surface area (Å²) in [6.45, 7) is 15.0. The summed E-state index contributed by atoms with van der Waals surface area (Å²) in [6, 6.07) is 27.0. The van der Waals surface area contributed by atoms with Gasteiger partial charge in [0, 0.05) is 39.8 Å². The van der Waals surface area contributed by atoms with Crippen LogP contribution in [0.25, 0.3) is 28.8 Å². The van der Waals surface area contributed by atoms with Crippen molar-refractivity contribution in [1.82, 2.24) is 4.57 Å². The lowest BCUT2D eigenvalue weighted by atomic mass is 9.58. The van der Waals surface area contributed by atoms with Gasteiger partial charge in [-0.1, -0.05) is 167 Å². The molecule has 8 aliphatic rings. The molecule has 5 heteroatoms. The van der Waals surface area contributed by atoms with Gasteiger partial charge >= 0.3 is 0 Å². The maximum Gasteiger partial charge on any atom is 0.120 e. The first-order valence-electron chi connectivity index (χ1n) is 32.3. The van der Waals surface area contributed by atoms with E-state index < -0.39 is 0 Å². The van der Waals surface area contributed by atoms with Crippen LogP contribution in [-0.2, 0) is 11.2 Å². The van der Waals surface area contributed by atoms with Crippen molar-refractivity contribution >= 4 is 34.4 Å². The molecule has 0 N–H and O–H groups in total. The molecule has 4 aromatic rings. The van der Waals surface area contributed by atoms with Crippen LogP contribution < -0.4 is 14.4 Å². The molecule has 1 fully saturated rings. The van der Waals surface area contributed by atoms with E-state index in [1.165, 1.54) is 46.4 Å². The number of rotatable bonds is 25. The molecular weight excluding hydrogens is 1020 g/mol. The Hall–Kier alpha value is -7.24. The molecule has 84 heavy (non-hydrogen) atoms. The average Bonchev–Trinajstić information content (AvgIpc) is 2.10. The van der Waals surface area contributed by atoms with Gasteiger partial charge in [0.05, 0.1) is 31.4 Å². The monoisotopic (exact) mass is 1110 g/mol. The molecule has 12 rings (SSSR count). The molecule has 434 valence electrons. The van der Waals surface area contributed by atoms with Crippen molar-refractivity contribution in [2.45, 2.75) is 122 Å². The largest absolute Gasteiger partial charge is 0.494 e. The topological polar surface area (TPSA) is 35.9 Å². The summed E-state index contributed by atoms with van der Waals surface area (Å²) in [7, 11) is 0. The second-order valence-corrected chi connectivity index (χ2v) is 25.5. The lowest BCUT2D eigenvalue weighted by Gasteiger charge is -2.46. The van der Waals surface area contributed by atoms with E-state index in [1.54, 1.807) is 11.1 Å². The first-order valence-corrected chi connectivity index (χ1v) is 32.3. The number of aromatic nitrogens is 1. The summed E-state index contributed by atoms with van der Waals surface area (Å²) >= 11 is 0. The van der Waals surface area contributed by atoms with Gasteiger partial charge in [0.25, 0.3) is 0 Å². The van der Waals surface area contributed by atoms with Crippen LogP contribution in [0.15, 0.2) is 224 Å². The van der Waals surface area contributed by atoms with Crippen LogP contribution in [0.1, 0.15) is 121 Å². The summed E-state index contributed by atoms with van der Waals surface area (Å²) in [5, 5.41) is 1.34. The second-order valence-electron chi connectivity index (χ2n) is 25.5. The fourth-order valence-electron chi connectivity index (χ4n) is 15.5. The highest BCUT2D eigenvalue weighted by Gasteiger charge is 2.57. The van der Waals surface area contributed by atoms with Crippen molar-refractivity contribution in [2.24, 2.45) is 52.8 Å². The SMILES string of the molecule is C=Cc1ccc(OCCCCCCOc2ccc3c(c2)c2c(n3C3=CC=CCC3)C=CC(C3C=CC(N(c4ccccc4)C4C=C5C(=CC4)C4C=CC=CC4C5(CC(C)CCC(C)COC4=CCC(C=C)C=C4)C4C=CC=CC4)CC3)C2)cc1. The molecule has 0 bridgehead atoms. The maximum absolute atomic E-state index is 6.54. The summed E-state index contributed by atoms with van der Waals surface area (Å²) in [5.41, 5.74) is 11.1. The smallest absolute Gasteiger partial charge is 0.120 e. The number of ether oxygens (including phenoxy) is 3. The highest BCUT2D eigenvalue weighted by Crippen LogP contribution is 2.65. The molecule has 0 aliphatic heterocycles. The van der Waals surface area contributed by atoms with E-state index in [0.717, 1.165) is 126 Å². The predicted molar refractivity (Wildman–Crippen MR) is 354 cm³/mol. The molecule has 11 unspecified atom stereocenters. The van der Waals surface area contributed by atoms with E-state index >= 15 is 0 Å². The van der Waals surface area contributed by atoms with E-state index in [0.29, 0.717) is 53.4 Å². The van der Waals surface area contributed by atoms with Crippen molar-refractivity contribution in [3.63, 3.8) is 0 Å². The number of nitrogens with zero attached hydrogens (tertiary/aromatic N) is 2. The summed E-state index contributed by atoms with van der Waals surface area (Å²) in [4.78, 5) is 2.82. The molecule has 0 spiro atoms. The van der Waals surface area contributed by atoms with Crippen molar-refractivity contribution in [3.05, 3.63) is 241 Å². The van der Waals surface area contributed by atoms with E-state index in [-0.39, 0.29) is 11.5 Å². The van der Waals surface area contributed by atoms with E-state index in [4.69, 9.17) is 14.2 Å². The fourth-order valence-corrected chi connectivity index (χ4v) is 15.5. The lowest BCUT2D eigenvalue weighted by molar-refractivity contribution is 0.135. The molecule has 1 saturated carbocycles. The molecule has 11 atom stereocenters. The van der Waals surface area contributed by atoms with Gasteiger partial charge in [0.1, 0.15) is 17.3 Å². The number of allylic oxidation sites excluding steroid dienone is 20. The van der Waals surface area contributed by atoms with Crippen molar-refractivity contribution < 1.29 is 14.2 Å². The van der Waals surface area contributed by atoms with Crippen LogP contribution in [0.3, 0.4) is 0 Å². The van der Waals surface area contributed by atoms with E-state index in [1.807, 2.05) is 36.4 Å². The number of fused-ring (bicyclic) bond motifs is 6. The summed E-state index contributed by atoms with van der Waals surface area (Å²) in [5.74, 6) is 6.53. The molecular formula is C79H90N2O3. The molecule has 8 aliphatic carbocycles. The van der Waals surface area contributed by atoms with Crippen molar-refractivity contribution in [3.8, 4) is 11.5 Å². The molecule has 0 saturated heterocycles. The Morgan fingerprint density at radius 1 is 0.702 bits per heavy atom. The van der Waals surface area contributed by atoms with E-state index in [9.17, 15) is 0 Å². The second kappa shape index (κ2) is 26.8. The van der Waals surface area contributed by atoms with Crippen LogP contribution in [0, 0.1) is 52.8 Å². The van der Waals surface area contributed by atoms with Gasteiger partial charge in [-0.3, -0.25) is 0 Å². The third-order valence-corrected chi connectivity index (χ3v) is 19.9. The minimum atomic E-state index is -0.00509. The predicted octanol–water partition coefficient (Wildman–Crippen LogP) is 19.7. The Balaban J connectivity index is 0.754. The number of anilines is 1. The highest BCUT2D eigenvalue weighted by molar-refractivity contribution is 5.93. The van der Waals surface area contributed by atoms with Gasteiger partial charge in [-0.25, -0.2) is 0 Å². The molecule has 1 aromatic heterocycles. The van der Waals surface area contributed by atoms with Crippen LogP contribution in [0.2, 0.25) is 0 Å². The minimum Gasteiger partial charge on any atom is -0.494 e. The van der Waals surface area contributed by atoms with Gasteiger partial charge in [0.15, 0.2) is 0 Å². The Bertz CT molecular complexity index is 3360. The normalized spacial score (nSPS) is 27.0. The highest BCUT2D eigenvalue weighted by atomic mass is 16.5. The third kappa shape index (κ3) is 12.4. The van der Waals surface area contributed by atoms with Crippen molar-refractivity contribution in [1.29, 1.82) is 0 Å². The number of hydrogen-bond donors (Lipinski definition) is 0. The van der Waals surface area contributed by atoms with Crippen LogP contribution in [0.4, 0.5) is 5.69 Å². The Morgan fingerprint density at radius 3 is 2.26 bits per heavy atom. The Labute approximate surface area is 503 Å². The summed E-state index contributed by atoms with van der Waals surface area (Å²) < 4.78 is 21.5. The number of benzene rings is 3. The van der Waals surface area contributed by atoms with Gasteiger partial charge in [-0.15, -0.1) is 6.58 Å². The first kappa shape index (κ1) is 57.2. The standard InChI is InChI=1S/C79H90N2O3/c1-5-59-32-42-68(43-33-59)82-50-20-7-8-21-51-83-70-46-49-78-74(54-70)73-52-62(38-48-77(73)81(78)65-26-16-11-17-27-65)61-36-39-66(40-37-61)80(64-24-14-10-15-25-64)67-41-47-72-71-28-18-19-29-75(71)79(76(72)53-67,63-22-12-9-13-23-63)55-57(3)30-31-58(4)56-84-69-44-34-60(6-2)35-45-69/h5-6,9-16,18-19,22,24-26,28-29,32-34,36,38-39,42-49,53-54,57-58,60-63,66-67,71,75H,1-2,7-8,17,20-21,23,27,30-31,35,37,40-41,50-52,55-56H2,3-4H3.